The average Bonchev–Trinajstić information content (AvgIpc) is 2.03. The molecular formula is C8H7N2O3-. The van der Waals surface area contributed by atoms with Crippen LogP contribution >= 0.6 is 0 Å². The molecule has 1 rings (SSSR count). The van der Waals surface area contributed by atoms with Gasteiger partial charge in [0.15, 0.2) is 0 Å². The molecule has 0 aliphatic carbocycles. The first-order valence-electron chi connectivity index (χ1n) is 3.53. The zero-order valence-corrected chi connectivity index (χ0v) is 6.90. The van der Waals surface area contributed by atoms with Crippen LogP contribution < -0.4 is 10.4 Å². The van der Waals surface area contributed by atoms with Crippen molar-refractivity contribution in [2.45, 2.75) is 6.92 Å². The molecule has 0 unspecified atom stereocenters. The van der Waals surface area contributed by atoms with E-state index in [1.807, 2.05) is 0 Å². The Bertz CT molecular complexity index is 349. The summed E-state index contributed by atoms with van der Waals surface area (Å²) in [6.07, 6.45) is 2.51. The largest absolute Gasteiger partial charge is 0.545 e. The summed E-state index contributed by atoms with van der Waals surface area (Å²) in [5.74, 6) is -1.60. The van der Waals surface area contributed by atoms with E-state index in [1.165, 1.54) is 19.2 Å². The third-order valence-electron chi connectivity index (χ3n) is 1.29. The number of carboxylic acid groups (broad SMARTS) is 1. The number of amides is 1. The lowest BCUT2D eigenvalue weighted by atomic mass is 10.2. The summed E-state index contributed by atoms with van der Waals surface area (Å²) in [5, 5.41) is 12.8. The summed E-state index contributed by atoms with van der Waals surface area (Å²) in [4.78, 5) is 24.6. The third kappa shape index (κ3) is 2.55. The van der Waals surface area contributed by atoms with Crippen molar-refractivity contribution in [1.82, 2.24) is 4.98 Å². The molecule has 0 fully saturated rings. The van der Waals surface area contributed by atoms with Gasteiger partial charge in [-0.05, 0) is 6.07 Å². The molecule has 1 N–H and O–H groups in total. The molecule has 0 aliphatic heterocycles. The normalized spacial score (nSPS) is 9.31. The number of nitrogens with one attached hydrogen (secondary N) is 1. The van der Waals surface area contributed by atoms with Crippen LogP contribution in [0.4, 0.5) is 5.69 Å². The highest BCUT2D eigenvalue weighted by Gasteiger charge is 1.98. The molecule has 68 valence electrons. The number of pyridine rings is 1. The number of aromatic carboxylic acids is 1. The third-order valence-corrected chi connectivity index (χ3v) is 1.29. The van der Waals surface area contributed by atoms with E-state index in [9.17, 15) is 14.7 Å². The van der Waals surface area contributed by atoms with E-state index in [-0.39, 0.29) is 11.5 Å². The van der Waals surface area contributed by atoms with E-state index in [1.54, 1.807) is 0 Å². The van der Waals surface area contributed by atoms with Crippen LogP contribution in [0.25, 0.3) is 0 Å². The highest BCUT2D eigenvalue weighted by molar-refractivity contribution is 5.91. The number of hydrogen-bond acceptors (Lipinski definition) is 4. The van der Waals surface area contributed by atoms with E-state index >= 15 is 0 Å². The Labute approximate surface area is 74.4 Å². The number of rotatable bonds is 2. The van der Waals surface area contributed by atoms with Crippen molar-refractivity contribution in [2.75, 3.05) is 5.32 Å². The Hall–Kier alpha value is -1.91. The fourth-order valence-electron chi connectivity index (χ4n) is 0.823. The van der Waals surface area contributed by atoms with Crippen molar-refractivity contribution in [1.29, 1.82) is 0 Å². The number of carbonyl (C=O) groups excluding carboxylic acids is 2. The van der Waals surface area contributed by atoms with Gasteiger partial charge in [0.05, 0.1) is 17.9 Å². The van der Waals surface area contributed by atoms with Crippen LogP contribution in [0.3, 0.4) is 0 Å². The molecule has 0 saturated carbocycles. The maximum Gasteiger partial charge on any atom is 0.221 e. The summed E-state index contributed by atoms with van der Waals surface area (Å²) < 4.78 is 0. The number of hydrogen-bond donors (Lipinski definition) is 1. The first kappa shape index (κ1) is 9.18. The number of anilines is 1. The van der Waals surface area contributed by atoms with Crippen LogP contribution in [0.2, 0.25) is 0 Å². The molecule has 0 saturated heterocycles. The van der Waals surface area contributed by atoms with Gasteiger partial charge in [0, 0.05) is 18.7 Å². The molecule has 0 radical (unpaired) electrons. The molecule has 0 aromatic carbocycles. The van der Waals surface area contributed by atoms with Crippen LogP contribution in [0.15, 0.2) is 18.5 Å². The summed E-state index contributed by atoms with van der Waals surface area (Å²) in [6.45, 7) is 1.33. The van der Waals surface area contributed by atoms with E-state index < -0.39 is 5.97 Å². The van der Waals surface area contributed by atoms with Gasteiger partial charge in [0.1, 0.15) is 0 Å². The second-order valence-corrected chi connectivity index (χ2v) is 2.43. The average molecular weight is 179 g/mol. The summed E-state index contributed by atoms with van der Waals surface area (Å²) >= 11 is 0. The van der Waals surface area contributed by atoms with Crippen molar-refractivity contribution in [2.24, 2.45) is 0 Å². The van der Waals surface area contributed by atoms with Crippen molar-refractivity contribution in [3.8, 4) is 0 Å². The smallest absolute Gasteiger partial charge is 0.221 e. The SMILES string of the molecule is CC(=O)Nc1cncc(C(=O)[O-])c1. The van der Waals surface area contributed by atoms with Crippen LogP contribution in [0.5, 0.6) is 0 Å². The van der Waals surface area contributed by atoms with Crippen molar-refractivity contribution in [3.63, 3.8) is 0 Å². The molecule has 0 aliphatic rings. The second-order valence-electron chi connectivity index (χ2n) is 2.43. The zero-order valence-electron chi connectivity index (χ0n) is 6.90. The Morgan fingerprint density at radius 2 is 2.15 bits per heavy atom. The fraction of sp³-hybridized carbons (Fsp3) is 0.125. The molecule has 1 heterocycles. The van der Waals surface area contributed by atoms with Gasteiger partial charge in [-0.3, -0.25) is 9.78 Å². The Balaban J connectivity index is 2.91. The first-order valence-corrected chi connectivity index (χ1v) is 3.53. The molecule has 0 bridgehead atoms. The minimum Gasteiger partial charge on any atom is -0.545 e. The van der Waals surface area contributed by atoms with E-state index in [0.29, 0.717) is 5.69 Å². The quantitative estimate of drug-likeness (QED) is 0.657. The Morgan fingerprint density at radius 3 is 2.69 bits per heavy atom. The molecule has 0 atom stereocenters. The second kappa shape index (κ2) is 3.66. The highest BCUT2D eigenvalue weighted by Crippen LogP contribution is 2.06. The molecule has 1 amide bonds. The van der Waals surface area contributed by atoms with E-state index in [4.69, 9.17) is 0 Å². The van der Waals surface area contributed by atoms with E-state index in [0.717, 1.165) is 6.20 Å². The summed E-state index contributed by atoms with van der Waals surface area (Å²) in [6, 6.07) is 1.28. The van der Waals surface area contributed by atoms with Gasteiger partial charge in [0.2, 0.25) is 5.91 Å². The predicted octanol–water partition coefficient (Wildman–Crippen LogP) is -0.597. The van der Waals surface area contributed by atoms with E-state index in [2.05, 4.69) is 10.3 Å². The van der Waals surface area contributed by atoms with Gasteiger partial charge in [-0.25, -0.2) is 0 Å². The van der Waals surface area contributed by atoms with Gasteiger partial charge in [0.25, 0.3) is 0 Å². The predicted molar refractivity (Wildman–Crippen MR) is 42.9 cm³/mol. The lowest BCUT2D eigenvalue weighted by Crippen LogP contribution is -2.22. The number of carbonyl (C=O) groups is 2. The van der Waals surface area contributed by atoms with Crippen molar-refractivity contribution in [3.05, 3.63) is 24.0 Å². The van der Waals surface area contributed by atoms with Crippen molar-refractivity contribution < 1.29 is 14.7 Å². The first-order chi connectivity index (χ1) is 6.09. The van der Waals surface area contributed by atoms with Crippen molar-refractivity contribution >= 4 is 17.6 Å². The van der Waals surface area contributed by atoms with Gasteiger partial charge >= 0.3 is 0 Å². The number of nitrogens with zero attached hydrogens (tertiary/aromatic N) is 1. The summed E-state index contributed by atoms with van der Waals surface area (Å²) in [7, 11) is 0. The van der Waals surface area contributed by atoms with Gasteiger partial charge in [-0.2, -0.15) is 0 Å². The minimum atomic E-state index is -1.32. The maximum atomic E-state index is 10.6. The lowest BCUT2D eigenvalue weighted by molar-refractivity contribution is -0.255. The molecule has 1 aromatic rings. The molecule has 1 aromatic heterocycles. The molecule has 13 heavy (non-hydrogen) atoms. The lowest BCUT2D eigenvalue weighted by Gasteiger charge is -2.04. The minimum absolute atomic E-state index is 0.0637. The Kier molecular flexibility index (Phi) is 2.59. The fourth-order valence-corrected chi connectivity index (χ4v) is 0.823. The number of aromatic nitrogens is 1. The maximum absolute atomic E-state index is 10.6. The van der Waals surface area contributed by atoms with Crippen LogP contribution in [0.1, 0.15) is 17.3 Å². The molecular weight excluding hydrogens is 172 g/mol. The van der Waals surface area contributed by atoms with Gasteiger partial charge in [-0.15, -0.1) is 0 Å². The number of carboxylic acids is 1. The standard InChI is InChI=1S/C8H8N2O3/c1-5(11)10-7-2-6(8(12)13)3-9-4-7/h2-4H,1H3,(H,10,11)(H,12,13)/p-1. The topological polar surface area (TPSA) is 82.1 Å². The molecule has 5 heteroatoms. The monoisotopic (exact) mass is 179 g/mol. The molecule has 5 nitrogen and oxygen atoms in total. The summed E-state index contributed by atoms with van der Waals surface area (Å²) in [5.41, 5.74) is 0.278. The highest BCUT2D eigenvalue weighted by atomic mass is 16.4. The van der Waals surface area contributed by atoms with Crippen LogP contribution in [-0.2, 0) is 4.79 Å². The van der Waals surface area contributed by atoms with Gasteiger partial charge in [-0.1, -0.05) is 0 Å². The zero-order chi connectivity index (χ0) is 9.84. The Morgan fingerprint density at radius 1 is 1.46 bits per heavy atom. The van der Waals surface area contributed by atoms with Gasteiger partial charge < -0.3 is 15.2 Å². The van der Waals surface area contributed by atoms with Crippen LogP contribution in [0, 0.1) is 0 Å². The van der Waals surface area contributed by atoms with Crippen LogP contribution in [-0.4, -0.2) is 16.9 Å². The molecule has 0 spiro atoms.